The lowest BCUT2D eigenvalue weighted by atomic mass is 10.0. The summed E-state index contributed by atoms with van der Waals surface area (Å²) < 4.78 is 5.54. The average molecular weight is 394 g/mol. The molecule has 3 amide bonds. The van der Waals surface area contributed by atoms with Crippen molar-refractivity contribution in [2.24, 2.45) is 0 Å². The average Bonchev–Trinajstić information content (AvgIpc) is 3.15. The second-order valence-corrected chi connectivity index (χ2v) is 7.75. The van der Waals surface area contributed by atoms with Gasteiger partial charge in [-0.05, 0) is 63.6 Å². The molecule has 27 heavy (non-hydrogen) atoms. The summed E-state index contributed by atoms with van der Waals surface area (Å²) in [7, 11) is 0. The Kier molecular flexibility index (Phi) is 6.96. The van der Waals surface area contributed by atoms with Crippen LogP contribution in [0.3, 0.4) is 0 Å². The van der Waals surface area contributed by atoms with Crippen LogP contribution in [-0.2, 0) is 4.74 Å². The number of nitrogens with zero attached hydrogens (tertiary/aromatic N) is 1. The predicted octanol–water partition coefficient (Wildman–Crippen LogP) is 4.05. The molecule has 148 valence electrons. The normalized spacial score (nSPS) is 22.5. The van der Waals surface area contributed by atoms with Gasteiger partial charge in [-0.1, -0.05) is 11.6 Å². The lowest BCUT2D eigenvalue weighted by molar-refractivity contribution is 0.0636. The molecular formula is C20H28ClN3O3. The van der Waals surface area contributed by atoms with Crippen molar-refractivity contribution in [3.63, 3.8) is 0 Å². The van der Waals surface area contributed by atoms with Crippen molar-refractivity contribution >= 4 is 29.2 Å². The van der Waals surface area contributed by atoms with E-state index in [9.17, 15) is 9.59 Å². The monoisotopic (exact) mass is 393 g/mol. The summed E-state index contributed by atoms with van der Waals surface area (Å²) in [6.45, 7) is 4.22. The van der Waals surface area contributed by atoms with Crippen molar-refractivity contribution in [3.8, 4) is 0 Å². The summed E-state index contributed by atoms with van der Waals surface area (Å²) in [6, 6.07) is 4.98. The SMILES string of the molecule is C[C@H]1CCCCN1C(=O)c1ccc(NC(=O)NCC[C@H]2CCCO2)cc1Cl. The van der Waals surface area contributed by atoms with E-state index in [1.165, 1.54) is 0 Å². The molecule has 2 heterocycles. The quantitative estimate of drug-likeness (QED) is 0.792. The number of carbonyl (C=O) groups is 2. The van der Waals surface area contributed by atoms with Crippen LogP contribution in [-0.4, -0.2) is 48.7 Å². The maximum atomic E-state index is 12.8. The smallest absolute Gasteiger partial charge is 0.319 e. The fourth-order valence-electron chi connectivity index (χ4n) is 3.71. The van der Waals surface area contributed by atoms with Crippen LogP contribution in [0.2, 0.25) is 5.02 Å². The Morgan fingerprint density at radius 3 is 2.81 bits per heavy atom. The maximum absolute atomic E-state index is 12.8. The zero-order valence-electron chi connectivity index (χ0n) is 15.8. The number of carbonyl (C=O) groups excluding carboxylic acids is 2. The summed E-state index contributed by atoms with van der Waals surface area (Å²) in [5.74, 6) is -0.0419. The molecule has 2 fully saturated rings. The van der Waals surface area contributed by atoms with E-state index in [2.05, 4.69) is 17.6 Å². The number of ether oxygens (including phenoxy) is 1. The highest BCUT2D eigenvalue weighted by Gasteiger charge is 2.25. The Morgan fingerprint density at radius 1 is 1.26 bits per heavy atom. The molecule has 0 unspecified atom stereocenters. The van der Waals surface area contributed by atoms with Crippen LogP contribution in [0.1, 0.15) is 55.8 Å². The van der Waals surface area contributed by atoms with E-state index < -0.39 is 0 Å². The van der Waals surface area contributed by atoms with Crippen LogP contribution < -0.4 is 10.6 Å². The fourth-order valence-corrected chi connectivity index (χ4v) is 3.98. The number of rotatable bonds is 5. The highest BCUT2D eigenvalue weighted by molar-refractivity contribution is 6.34. The van der Waals surface area contributed by atoms with Gasteiger partial charge in [-0.15, -0.1) is 0 Å². The van der Waals surface area contributed by atoms with Crippen LogP contribution in [0.15, 0.2) is 18.2 Å². The number of amides is 3. The summed E-state index contributed by atoms with van der Waals surface area (Å²) in [5, 5.41) is 5.94. The van der Waals surface area contributed by atoms with Gasteiger partial charge in [0.15, 0.2) is 0 Å². The first-order valence-electron chi connectivity index (χ1n) is 9.81. The molecule has 3 rings (SSSR count). The minimum absolute atomic E-state index is 0.0419. The molecule has 0 spiro atoms. The van der Waals surface area contributed by atoms with Gasteiger partial charge < -0.3 is 20.3 Å². The molecule has 7 heteroatoms. The summed E-state index contributed by atoms with van der Waals surface area (Å²) in [6.07, 6.45) is 6.43. The van der Waals surface area contributed by atoms with E-state index in [4.69, 9.17) is 16.3 Å². The number of halogens is 1. The summed E-state index contributed by atoms with van der Waals surface area (Å²) in [5.41, 5.74) is 1.05. The lowest BCUT2D eigenvalue weighted by Crippen LogP contribution is -2.42. The highest BCUT2D eigenvalue weighted by Crippen LogP contribution is 2.25. The molecule has 0 saturated carbocycles. The molecule has 0 radical (unpaired) electrons. The zero-order chi connectivity index (χ0) is 19.2. The topological polar surface area (TPSA) is 70.7 Å². The molecule has 0 aliphatic carbocycles. The van der Waals surface area contributed by atoms with Crippen LogP contribution in [0, 0.1) is 0 Å². The van der Waals surface area contributed by atoms with Crippen LogP contribution in [0.5, 0.6) is 0 Å². The molecule has 2 aliphatic rings. The van der Waals surface area contributed by atoms with Crippen molar-refractivity contribution in [2.45, 2.75) is 57.6 Å². The molecule has 2 atom stereocenters. The number of hydrogen-bond acceptors (Lipinski definition) is 3. The summed E-state index contributed by atoms with van der Waals surface area (Å²) in [4.78, 5) is 26.7. The number of benzene rings is 1. The second kappa shape index (κ2) is 9.42. The summed E-state index contributed by atoms with van der Waals surface area (Å²) >= 11 is 6.33. The predicted molar refractivity (Wildman–Crippen MR) is 106 cm³/mol. The Bertz CT molecular complexity index is 676. The molecule has 2 saturated heterocycles. The third-order valence-electron chi connectivity index (χ3n) is 5.30. The molecule has 1 aromatic carbocycles. The molecule has 0 bridgehead atoms. The van der Waals surface area contributed by atoms with Crippen molar-refractivity contribution in [3.05, 3.63) is 28.8 Å². The number of nitrogens with one attached hydrogen (secondary N) is 2. The van der Waals surface area contributed by atoms with E-state index in [1.54, 1.807) is 18.2 Å². The first-order valence-corrected chi connectivity index (χ1v) is 10.2. The van der Waals surface area contributed by atoms with Crippen molar-refractivity contribution in [1.82, 2.24) is 10.2 Å². The molecule has 6 nitrogen and oxygen atoms in total. The van der Waals surface area contributed by atoms with E-state index in [1.807, 2.05) is 4.90 Å². The highest BCUT2D eigenvalue weighted by atomic mass is 35.5. The largest absolute Gasteiger partial charge is 0.378 e. The van der Waals surface area contributed by atoms with E-state index in [-0.39, 0.29) is 24.1 Å². The van der Waals surface area contributed by atoms with Gasteiger partial charge in [0.1, 0.15) is 0 Å². The Labute approximate surface area is 165 Å². The maximum Gasteiger partial charge on any atom is 0.319 e. The van der Waals surface area contributed by atoms with Crippen LogP contribution >= 0.6 is 11.6 Å². The number of urea groups is 1. The Hall–Kier alpha value is -1.79. The fraction of sp³-hybridized carbons (Fsp3) is 0.600. The Morgan fingerprint density at radius 2 is 2.11 bits per heavy atom. The lowest BCUT2D eigenvalue weighted by Gasteiger charge is -2.33. The zero-order valence-corrected chi connectivity index (χ0v) is 16.6. The van der Waals surface area contributed by atoms with Gasteiger partial charge in [0.25, 0.3) is 5.91 Å². The molecular weight excluding hydrogens is 366 g/mol. The minimum atomic E-state index is -0.284. The number of likely N-dealkylation sites (tertiary alicyclic amines) is 1. The third kappa shape index (κ3) is 5.36. The van der Waals surface area contributed by atoms with E-state index in [0.29, 0.717) is 22.8 Å². The van der Waals surface area contributed by atoms with Gasteiger partial charge in [0.2, 0.25) is 0 Å². The molecule has 2 N–H and O–H groups in total. The van der Waals surface area contributed by atoms with Gasteiger partial charge in [0, 0.05) is 31.4 Å². The first kappa shape index (κ1) is 20.0. The van der Waals surface area contributed by atoms with Crippen molar-refractivity contribution in [1.29, 1.82) is 0 Å². The number of hydrogen-bond donors (Lipinski definition) is 2. The van der Waals surface area contributed by atoms with Crippen molar-refractivity contribution < 1.29 is 14.3 Å². The molecule has 1 aromatic rings. The molecule has 2 aliphatic heterocycles. The van der Waals surface area contributed by atoms with Gasteiger partial charge in [-0.2, -0.15) is 0 Å². The second-order valence-electron chi connectivity index (χ2n) is 7.34. The van der Waals surface area contributed by atoms with Crippen LogP contribution in [0.25, 0.3) is 0 Å². The van der Waals surface area contributed by atoms with E-state index in [0.717, 1.165) is 51.7 Å². The van der Waals surface area contributed by atoms with E-state index >= 15 is 0 Å². The Balaban J connectivity index is 1.52. The van der Waals surface area contributed by atoms with Gasteiger partial charge in [0.05, 0.1) is 16.7 Å². The standard InChI is InChI=1S/C20H28ClN3O3/c1-14-5-2-3-11-24(14)19(25)17-8-7-15(13-18(17)21)23-20(26)22-10-9-16-6-4-12-27-16/h7-8,13-14,16H,2-6,9-12H2,1H3,(H2,22,23,26)/t14-,16+/m0/s1. The first-order chi connectivity index (χ1) is 13.0. The van der Waals surface area contributed by atoms with Crippen LogP contribution in [0.4, 0.5) is 10.5 Å². The van der Waals surface area contributed by atoms with Gasteiger partial charge >= 0.3 is 6.03 Å². The van der Waals surface area contributed by atoms with Crippen molar-refractivity contribution in [2.75, 3.05) is 25.0 Å². The van der Waals surface area contributed by atoms with Gasteiger partial charge in [-0.3, -0.25) is 4.79 Å². The third-order valence-corrected chi connectivity index (χ3v) is 5.61. The molecule has 0 aromatic heterocycles. The number of anilines is 1. The number of piperidine rings is 1. The van der Waals surface area contributed by atoms with Gasteiger partial charge in [-0.25, -0.2) is 4.79 Å². The minimum Gasteiger partial charge on any atom is -0.378 e.